The van der Waals surface area contributed by atoms with E-state index in [2.05, 4.69) is 13.8 Å². The summed E-state index contributed by atoms with van der Waals surface area (Å²) >= 11 is 0. The lowest BCUT2D eigenvalue weighted by Gasteiger charge is -2.12. The molecule has 4 rings (SSSR count). The third-order valence-electron chi connectivity index (χ3n) is 4.98. The molecule has 0 radical (unpaired) electrons. The lowest BCUT2D eigenvalue weighted by Crippen LogP contribution is -1.98. The minimum atomic E-state index is 0.0585. The molecule has 2 aromatic heterocycles. The molecule has 2 heterocycles. The molecular weight excluding hydrogens is 328 g/mol. The summed E-state index contributed by atoms with van der Waals surface area (Å²) in [6, 6.07) is 11.1. The number of hydrogen-bond donors (Lipinski definition) is 2. The quantitative estimate of drug-likeness (QED) is 0.469. The summed E-state index contributed by atoms with van der Waals surface area (Å²) in [7, 11) is 0. The van der Waals surface area contributed by atoms with E-state index in [9.17, 15) is 10.2 Å². The predicted octanol–water partition coefficient (Wildman–Crippen LogP) is 6.06. The molecule has 0 fully saturated rings. The Balaban J connectivity index is 1.66. The first-order valence-corrected chi connectivity index (χ1v) is 8.88. The number of benzene rings is 2. The summed E-state index contributed by atoms with van der Waals surface area (Å²) < 4.78 is 11.4. The van der Waals surface area contributed by atoms with Crippen molar-refractivity contribution in [3.63, 3.8) is 0 Å². The monoisotopic (exact) mass is 350 g/mol. The molecule has 2 aromatic carbocycles. The summed E-state index contributed by atoms with van der Waals surface area (Å²) in [5, 5.41) is 22.4. The zero-order valence-electron chi connectivity index (χ0n) is 15.1. The second-order valence-electron chi connectivity index (χ2n) is 7.29. The van der Waals surface area contributed by atoms with Crippen molar-refractivity contribution in [3.8, 4) is 11.5 Å². The topological polar surface area (TPSA) is 66.7 Å². The summed E-state index contributed by atoms with van der Waals surface area (Å²) in [5.41, 5.74) is 3.19. The molecule has 1 unspecified atom stereocenters. The Bertz CT molecular complexity index is 1080. The van der Waals surface area contributed by atoms with Crippen LogP contribution in [0, 0.1) is 0 Å². The van der Waals surface area contributed by atoms with Crippen molar-refractivity contribution in [1.29, 1.82) is 0 Å². The molecule has 0 aliphatic heterocycles. The molecule has 0 saturated heterocycles. The van der Waals surface area contributed by atoms with E-state index in [0.717, 1.165) is 33.2 Å². The average molecular weight is 350 g/mol. The van der Waals surface area contributed by atoms with Crippen molar-refractivity contribution in [3.05, 3.63) is 59.5 Å². The molecule has 0 saturated carbocycles. The van der Waals surface area contributed by atoms with Crippen LogP contribution >= 0.6 is 0 Å². The molecule has 134 valence electrons. The van der Waals surface area contributed by atoms with Gasteiger partial charge in [0.2, 0.25) is 0 Å². The zero-order valence-corrected chi connectivity index (χ0v) is 15.1. The average Bonchev–Trinajstić information content (AvgIpc) is 3.18. The maximum atomic E-state index is 10.3. The van der Waals surface area contributed by atoms with Crippen molar-refractivity contribution in [2.24, 2.45) is 0 Å². The molecular formula is C22H22O4. The van der Waals surface area contributed by atoms with Crippen LogP contribution in [0.3, 0.4) is 0 Å². The standard InChI is InChI=1S/C22H22O4/c1-12(2)17-8-15-7-16(26-22(15)11-20(17)24)6-13(3)18-10-21-14(4-5-25-21)9-19(18)23/h4-5,7-13,23-24H,6H2,1-3H3. The second kappa shape index (κ2) is 6.13. The second-order valence-corrected chi connectivity index (χ2v) is 7.29. The van der Waals surface area contributed by atoms with E-state index in [-0.39, 0.29) is 23.3 Å². The van der Waals surface area contributed by atoms with Gasteiger partial charge in [0.15, 0.2) is 0 Å². The molecule has 0 bridgehead atoms. The highest BCUT2D eigenvalue weighted by Crippen LogP contribution is 2.36. The molecule has 4 heteroatoms. The van der Waals surface area contributed by atoms with Gasteiger partial charge in [-0.25, -0.2) is 0 Å². The SMILES string of the molecule is CC(C)c1cc2cc(CC(C)c3cc4occc4cc3O)oc2cc1O. The minimum absolute atomic E-state index is 0.0585. The van der Waals surface area contributed by atoms with Crippen LogP contribution in [-0.2, 0) is 6.42 Å². The number of fused-ring (bicyclic) bond motifs is 2. The van der Waals surface area contributed by atoms with Gasteiger partial charge in [-0.2, -0.15) is 0 Å². The summed E-state index contributed by atoms with van der Waals surface area (Å²) in [6.45, 7) is 6.16. The van der Waals surface area contributed by atoms with Crippen molar-refractivity contribution in [2.75, 3.05) is 0 Å². The van der Waals surface area contributed by atoms with Crippen LogP contribution in [0.1, 0.15) is 49.5 Å². The van der Waals surface area contributed by atoms with E-state index in [1.165, 1.54) is 0 Å². The number of rotatable bonds is 4. The Hall–Kier alpha value is -2.88. The van der Waals surface area contributed by atoms with Gasteiger partial charge in [-0.3, -0.25) is 0 Å². The molecule has 0 amide bonds. The maximum absolute atomic E-state index is 10.3. The highest BCUT2D eigenvalue weighted by atomic mass is 16.3. The normalized spacial score (nSPS) is 13.1. The largest absolute Gasteiger partial charge is 0.508 e. The smallest absolute Gasteiger partial charge is 0.137 e. The van der Waals surface area contributed by atoms with Crippen LogP contribution in [0.4, 0.5) is 0 Å². The fourth-order valence-electron chi connectivity index (χ4n) is 3.53. The van der Waals surface area contributed by atoms with Gasteiger partial charge >= 0.3 is 0 Å². The molecule has 4 nitrogen and oxygen atoms in total. The summed E-state index contributed by atoms with van der Waals surface area (Å²) in [5.74, 6) is 1.66. The zero-order chi connectivity index (χ0) is 18.4. The number of phenolic OH excluding ortho intramolecular Hbond substituents is 2. The van der Waals surface area contributed by atoms with Crippen molar-refractivity contribution in [2.45, 2.75) is 39.0 Å². The molecule has 26 heavy (non-hydrogen) atoms. The molecule has 0 aliphatic rings. The first-order valence-electron chi connectivity index (χ1n) is 8.88. The van der Waals surface area contributed by atoms with Gasteiger partial charge in [0.05, 0.1) is 6.26 Å². The van der Waals surface area contributed by atoms with Crippen LogP contribution in [-0.4, -0.2) is 10.2 Å². The van der Waals surface area contributed by atoms with Crippen molar-refractivity contribution >= 4 is 21.9 Å². The van der Waals surface area contributed by atoms with Gasteiger partial charge < -0.3 is 19.0 Å². The highest BCUT2D eigenvalue weighted by Gasteiger charge is 2.17. The third kappa shape index (κ3) is 2.81. The van der Waals surface area contributed by atoms with Crippen LogP contribution in [0.5, 0.6) is 11.5 Å². The van der Waals surface area contributed by atoms with Crippen LogP contribution in [0.15, 0.2) is 51.5 Å². The molecule has 0 aliphatic carbocycles. The predicted molar refractivity (Wildman–Crippen MR) is 102 cm³/mol. The Morgan fingerprint density at radius 2 is 1.62 bits per heavy atom. The van der Waals surface area contributed by atoms with E-state index in [0.29, 0.717) is 12.0 Å². The summed E-state index contributed by atoms with van der Waals surface area (Å²) in [4.78, 5) is 0. The Labute approximate surface area is 151 Å². The lowest BCUT2D eigenvalue weighted by molar-refractivity contribution is 0.456. The van der Waals surface area contributed by atoms with E-state index in [1.807, 2.05) is 31.2 Å². The van der Waals surface area contributed by atoms with E-state index >= 15 is 0 Å². The van der Waals surface area contributed by atoms with Crippen LogP contribution in [0.2, 0.25) is 0 Å². The van der Waals surface area contributed by atoms with Gasteiger partial charge in [-0.15, -0.1) is 0 Å². The fourth-order valence-corrected chi connectivity index (χ4v) is 3.53. The van der Waals surface area contributed by atoms with Crippen molar-refractivity contribution < 1.29 is 19.0 Å². The van der Waals surface area contributed by atoms with Crippen LogP contribution in [0.25, 0.3) is 21.9 Å². The Morgan fingerprint density at radius 1 is 0.846 bits per heavy atom. The molecule has 2 N–H and O–H groups in total. The number of phenols is 2. The third-order valence-corrected chi connectivity index (χ3v) is 4.98. The van der Waals surface area contributed by atoms with Crippen LogP contribution < -0.4 is 0 Å². The lowest BCUT2D eigenvalue weighted by atomic mass is 9.94. The number of furan rings is 2. The maximum Gasteiger partial charge on any atom is 0.137 e. The van der Waals surface area contributed by atoms with Gasteiger partial charge in [0.25, 0.3) is 0 Å². The van der Waals surface area contributed by atoms with Crippen molar-refractivity contribution in [1.82, 2.24) is 0 Å². The summed E-state index contributed by atoms with van der Waals surface area (Å²) in [6.07, 6.45) is 2.27. The molecule has 1 atom stereocenters. The number of aromatic hydroxyl groups is 2. The first kappa shape index (κ1) is 16.6. The highest BCUT2D eigenvalue weighted by molar-refractivity contribution is 5.81. The Morgan fingerprint density at radius 3 is 2.38 bits per heavy atom. The molecule has 0 spiro atoms. The molecule has 4 aromatic rings. The van der Waals surface area contributed by atoms with Gasteiger partial charge in [-0.1, -0.05) is 20.8 Å². The van der Waals surface area contributed by atoms with E-state index < -0.39 is 0 Å². The fraction of sp³-hybridized carbons (Fsp3) is 0.273. The number of hydrogen-bond acceptors (Lipinski definition) is 4. The van der Waals surface area contributed by atoms with E-state index in [4.69, 9.17) is 8.83 Å². The van der Waals surface area contributed by atoms with Gasteiger partial charge in [0.1, 0.15) is 28.4 Å². The first-order chi connectivity index (χ1) is 12.4. The van der Waals surface area contributed by atoms with E-state index in [1.54, 1.807) is 18.4 Å². The van der Waals surface area contributed by atoms with Gasteiger partial charge in [-0.05, 0) is 47.7 Å². The Kier molecular flexibility index (Phi) is 3.91. The van der Waals surface area contributed by atoms with Gasteiger partial charge in [0, 0.05) is 28.8 Å². The minimum Gasteiger partial charge on any atom is -0.508 e.